The van der Waals surface area contributed by atoms with Crippen LogP contribution in [0, 0.1) is 16.2 Å². The summed E-state index contributed by atoms with van der Waals surface area (Å²) in [5.74, 6) is -1.48. The van der Waals surface area contributed by atoms with Gasteiger partial charge in [-0.1, -0.05) is 52.0 Å². The second-order valence-electron chi connectivity index (χ2n) is 11.7. The lowest BCUT2D eigenvalue weighted by Gasteiger charge is -2.35. The van der Waals surface area contributed by atoms with Crippen molar-refractivity contribution in [3.8, 4) is 11.5 Å². The summed E-state index contributed by atoms with van der Waals surface area (Å²) in [6.45, 7) is 6.93. The van der Waals surface area contributed by atoms with E-state index in [0.717, 1.165) is 0 Å². The van der Waals surface area contributed by atoms with Gasteiger partial charge in [0.2, 0.25) is 17.2 Å². The van der Waals surface area contributed by atoms with E-state index in [1.165, 1.54) is 66.7 Å². The molecule has 2 amide bonds. The Balaban J connectivity index is 1.61. The number of carbonyl (C=O) groups excluding carboxylic acids is 2. The fourth-order valence-electron chi connectivity index (χ4n) is 5.21. The molecule has 230 valence electrons. The molecule has 0 radical (unpaired) electrons. The average molecular weight is 619 g/mol. The van der Waals surface area contributed by atoms with Crippen molar-refractivity contribution in [1.29, 1.82) is 5.39 Å². The molecule has 0 aliphatic carbocycles. The molecule has 1 atom stereocenters. The molecule has 12 heteroatoms. The zero-order valence-electron chi connectivity index (χ0n) is 24.7. The van der Waals surface area contributed by atoms with E-state index in [1.54, 1.807) is 32.9 Å². The summed E-state index contributed by atoms with van der Waals surface area (Å²) in [5.41, 5.74) is -1.79. The molecule has 0 fully saturated rings. The molecule has 0 bridgehead atoms. The monoisotopic (exact) mass is 618 g/mol. The predicted molar refractivity (Wildman–Crippen MR) is 167 cm³/mol. The highest BCUT2D eigenvalue weighted by atomic mass is 32.3. The van der Waals surface area contributed by atoms with E-state index in [-0.39, 0.29) is 40.2 Å². The number of rotatable bonds is 9. The number of benzene rings is 4. The number of hydrogen-bond acceptors (Lipinski definition) is 6. The van der Waals surface area contributed by atoms with E-state index in [2.05, 4.69) is 15.6 Å². The lowest BCUT2D eigenvalue weighted by Crippen LogP contribution is -2.41. The molecule has 0 spiro atoms. The molecule has 0 saturated carbocycles. The maximum absolute atomic E-state index is 13.9. The minimum absolute atomic E-state index is 0.00218. The van der Waals surface area contributed by atoms with Crippen molar-refractivity contribution in [2.45, 2.75) is 50.3 Å². The first-order chi connectivity index (χ1) is 20.5. The van der Waals surface area contributed by atoms with Crippen LogP contribution < -0.4 is 15.7 Å². The minimum Gasteiger partial charge on any atom is -0.867 e. The van der Waals surface area contributed by atoms with Crippen LogP contribution in [-0.2, 0) is 19.2 Å². The first-order valence-electron chi connectivity index (χ1n) is 13.8. The van der Waals surface area contributed by atoms with E-state index in [0.29, 0.717) is 12.1 Å². The van der Waals surface area contributed by atoms with Gasteiger partial charge in [-0.15, -0.1) is 0 Å². The maximum Gasteiger partial charge on any atom is 0.378 e. The van der Waals surface area contributed by atoms with Crippen LogP contribution in [0.2, 0.25) is 0 Å². The molecule has 4 aromatic rings. The Morgan fingerprint density at radius 1 is 0.886 bits per heavy atom. The number of phenols is 1. The average Bonchev–Trinajstić information content (AvgIpc) is 2.97. The molecule has 44 heavy (non-hydrogen) atoms. The second-order valence-corrected chi connectivity index (χ2v) is 14.3. The molecule has 4 rings (SSSR count). The van der Waals surface area contributed by atoms with Gasteiger partial charge in [0.25, 0.3) is 0 Å². The van der Waals surface area contributed by atoms with Crippen molar-refractivity contribution in [2.24, 2.45) is 10.8 Å². The summed E-state index contributed by atoms with van der Waals surface area (Å²) >= 11 is 0. The zero-order valence-corrected chi connectivity index (χ0v) is 25.5. The zero-order chi connectivity index (χ0) is 32.5. The van der Waals surface area contributed by atoms with E-state index in [9.17, 15) is 33.1 Å². The van der Waals surface area contributed by atoms with E-state index in [4.69, 9.17) is 5.39 Å². The Bertz CT molecular complexity index is 1890. The Morgan fingerprint density at radius 3 is 2.14 bits per heavy atom. The summed E-state index contributed by atoms with van der Waals surface area (Å²) in [6.07, 6.45) is 0.550. The van der Waals surface area contributed by atoms with Crippen molar-refractivity contribution in [3.63, 3.8) is 0 Å². The van der Waals surface area contributed by atoms with Crippen LogP contribution in [0.15, 0.2) is 88.7 Å². The molecule has 0 heterocycles. The van der Waals surface area contributed by atoms with Crippen molar-refractivity contribution >= 4 is 49.3 Å². The molecule has 5 N–H and O–H groups in total. The van der Waals surface area contributed by atoms with E-state index >= 15 is 0 Å². The molecular weight excluding hydrogens is 584 g/mol. The highest BCUT2D eigenvalue weighted by molar-refractivity contribution is 8.10. The number of carbonyl (C=O) groups is 2. The normalized spacial score (nSPS) is 14.1. The van der Waals surface area contributed by atoms with Gasteiger partial charge in [0.05, 0.1) is 9.79 Å². The topological polar surface area (TPSA) is 187 Å². The van der Waals surface area contributed by atoms with Gasteiger partial charge in [0, 0.05) is 39.7 Å². The van der Waals surface area contributed by atoms with Gasteiger partial charge in [-0.3, -0.25) is 9.59 Å². The van der Waals surface area contributed by atoms with Gasteiger partial charge in [-0.25, -0.2) is 4.21 Å². The summed E-state index contributed by atoms with van der Waals surface area (Å²) in [5, 5.41) is 36.9. The lowest BCUT2D eigenvalue weighted by atomic mass is 9.71. The molecule has 4 aromatic carbocycles. The van der Waals surface area contributed by atoms with Crippen LogP contribution in [0.4, 0.5) is 17.1 Å². The summed E-state index contributed by atoms with van der Waals surface area (Å²) in [6, 6.07) is 17.8. The van der Waals surface area contributed by atoms with E-state index < -0.39 is 41.9 Å². The quantitative estimate of drug-likeness (QED) is 0.128. The van der Waals surface area contributed by atoms with Crippen LogP contribution in [-0.4, -0.2) is 30.2 Å². The summed E-state index contributed by atoms with van der Waals surface area (Å²) in [7, 11) is -5.79. The standard InChI is InChI=1S/C32H34N4O7S/c1-5-32(4,30(40)35-20-9-6-11-22(37)17-20)19-31(2,3)29(39)34-21-10-7-12-23(18-21)44(41,42,43)27-14-8-13-25-24(27)15-16-26(36-33)28(25)38/h6-18H,5,19H2,1-4H3,(H5-,34,35,37,38,39,40,41,42,43). The highest BCUT2D eigenvalue weighted by Gasteiger charge is 2.42. The Labute approximate surface area is 254 Å². The van der Waals surface area contributed by atoms with Gasteiger partial charge in [-0.05, 0) is 66.4 Å². The SMILES string of the molecule is CCC(C)(CC(C)(C)C(=O)Nc1cccc(S(=O)(O)(O)c2cccc3c([O-])c([N+]#N)ccc23)c1)C(=O)Nc1cccc(O)c1. The van der Waals surface area contributed by atoms with Crippen molar-refractivity contribution in [3.05, 3.63) is 83.8 Å². The first kappa shape index (κ1) is 32.1. The molecule has 1 unspecified atom stereocenters. The van der Waals surface area contributed by atoms with E-state index in [1.807, 2.05) is 6.92 Å². The van der Waals surface area contributed by atoms with Gasteiger partial charge in [0.1, 0.15) is 15.4 Å². The lowest BCUT2D eigenvalue weighted by molar-refractivity contribution is -0.264. The fraction of sp³-hybridized carbons (Fsp3) is 0.250. The number of hydrogen-bond donors (Lipinski definition) is 5. The van der Waals surface area contributed by atoms with Crippen LogP contribution in [0.5, 0.6) is 11.5 Å². The Morgan fingerprint density at radius 2 is 1.50 bits per heavy atom. The second kappa shape index (κ2) is 11.3. The number of diazo groups is 1. The predicted octanol–water partition coefficient (Wildman–Crippen LogP) is 6.70. The van der Waals surface area contributed by atoms with Crippen molar-refractivity contribution in [2.75, 3.05) is 10.6 Å². The molecular formula is C32H34N4O7S. The molecule has 11 nitrogen and oxygen atoms in total. The third kappa shape index (κ3) is 6.12. The number of nitrogens with zero attached hydrogens (tertiary/aromatic N) is 2. The van der Waals surface area contributed by atoms with Gasteiger partial charge < -0.3 is 30.0 Å². The third-order valence-corrected chi connectivity index (χ3v) is 10.1. The fourth-order valence-corrected chi connectivity index (χ4v) is 7.02. The van der Waals surface area contributed by atoms with Gasteiger partial charge >= 0.3 is 5.69 Å². The smallest absolute Gasteiger partial charge is 0.378 e. The van der Waals surface area contributed by atoms with Crippen LogP contribution >= 0.6 is 0 Å². The molecule has 0 aromatic heterocycles. The largest absolute Gasteiger partial charge is 0.867 e. The third-order valence-electron chi connectivity index (χ3n) is 7.85. The van der Waals surface area contributed by atoms with Crippen LogP contribution in [0.25, 0.3) is 15.7 Å². The highest BCUT2D eigenvalue weighted by Crippen LogP contribution is 2.45. The molecule has 0 saturated heterocycles. The molecule has 0 aliphatic rings. The number of aromatic hydroxyl groups is 1. The summed E-state index contributed by atoms with van der Waals surface area (Å²) in [4.78, 5) is 28.8. The first-order valence-corrected chi connectivity index (χ1v) is 15.6. The Kier molecular flexibility index (Phi) is 8.28. The molecule has 0 aliphatic heterocycles. The number of fused-ring (bicyclic) bond motifs is 1. The van der Waals surface area contributed by atoms with Crippen LogP contribution in [0.3, 0.4) is 0 Å². The van der Waals surface area contributed by atoms with Gasteiger partial charge in [-0.2, -0.15) is 0 Å². The van der Waals surface area contributed by atoms with Crippen LogP contribution in [0.1, 0.15) is 40.5 Å². The number of nitrogens with one attached hydrogen (secondary N) is 2. The van der Waals surface area contributed by atoms with Crippen molar-refractivity contribution < 1.29 is 33.1 Å². The summed E-state index contributed by atoms with van der Waals surface area (Å²) < 4.78 is 36.5. The Hall–Kier alpha value is -4.83. The van der Waals surface area contributed by atoms with Crippen molar-refractivity contribution in [1.82, 2.24) is 0 Å². The van der Waals surface area contributed by atoms with Gasteiger partial charge in [0.15, 0.2) is 4.98 Å². The number of phenolic OH excluding ortho intramolecular Hbond substituents is 1. The maximum atomic E-state index is 13.9. The number of anilines is 2. The minimum atomic E-state index is -5.79. The number of amides is 2.